The van der Waals surface area contributed by atoms with Crippen molar-refractivity contribution in [2.45, 2.75) is 25.0 Å². The van der Waals surface area contributed by atoms with E-state index in [-0.39, 0.29) is 18.1 Å². The lowest BCUT2D eigenvalue weighted by atomic mass is 9.97. The van der Waals surface area contributed by atoms with E-state index in [9.17, 15) is 9.90 Å². The second-order valence-corrected chi connectivity index (χ2v) is 6.74. The molecule has 0 aliphatic carbocycles. The molecule has 0 unspecified atom stereocenters. The molecule has 2 aromatic carbocycles. The van der Waals surface area contributed by atoms with E-state index in [1.807, 2.05) is 48.3 Å². The van der Waals surface area contributed by atoms with Gasteiger partial charge in [0.25, 0.3) is 0 Å². The van der Waals surface area contributed by atoms with Crippen molar-refractivity contribution in [1.29, 1.82) is 0 Å². The Morgan fingerprint density at radius 2 is 1.52 bits per heavy atom. The second-order valence-electron chi connectivity index (χ2n) is 6.74. The van der Waals surface area contributed by atoms with Crippen LogP contribution in [0, 0.1) is 0 Å². The van der Waals surface area contributed by atoms with Crippen molar-refractivity contribution >= 4 is 5.91 Å². The van der Waals surface area contributed by atoms with Gasteiger partial charge in [0.1, 0.15) is 0 Å². The van der Waals surface area contributed by atoms with E-state index in [2.05, 4.69) is 29.2 Å². The minimum absolute atomic E-state index is 0.0923. The summed E-state index contributed by atoms with van der Waals surface area (Å²) in [6.07, 6.45) is 1.28. The van der Waals surface area contributed by atoms with Crippen molar-refractivity contribution in [1.82, 2.24) is 9.80 Å². The first kappa shape index (κ1) is 17.6. The molecule has 0 bridgehead atoms. The molecular weight excluding hydrogens is 312 g/mol. The van der Waals surface area contributed by atoms with Crippen LogP contribution in [0.1, 0.15) is 30.0 Å². The molecule has 0 atom stereocenters. The number of rotatable bonds is 5. The predicted octanol–water partition coefficient (Wildman–Crippen LogP) is 2.69. The van der Waals surface area contributed by atoms with Crippen molar-refractivity contribution in [3.63, 3.8) is 0 Å². The maximum Gasteiger partial charge on any atom is 0.237 e. The normalized spacial score (nSPS) is 16.1. The van der Waals surface area contributed by atoms with Crippen molar-refractivity contribution in [3.05, 3.63) is 71.8 Å². The van der Waals surface area contributed by atoms with Crippen LogP contribution < -0.4 is 0 Å². The third-order valence-corrected chi connectivity index (χ3v) is 4.93. The smallest absolute Gasteiger partial charge is 0.237 e. The Hall–Kier alpha value is -2.17. The number of aliphatic hydroxyl groups is 1. The number of likely N-dealkylation sites (N-methyl/N-ethyl adjacent to an activating group) is 1. The molecule has 132 valence electrons. The molecule has 0 aromatic heterocycles. The number of benzene rings is 2. The summed E-state index contributed by atoms with van der Waals surface area (Å²) < 4.78 is 0. The molecule has 1 amide bonds. The maximum absolute atomic E-state index is 12.9. The fourth-order valence-electron chi connectivity index (χ4n) is 3.43. The highest BCUT2D eigenvalue weighted by Gasteiger charge is 2.26. The number of piperidine rings is 1. The summed E-state index contributed by atoms with van der Waals surface area (Å²) >= 11 is 0. The number of aliphatic hydroxyl groups excluding tert-OH is 1. The van der Waals surface area contributed by atoms with Gasteiger partial charge in [0.15, 0.2) is 0 Å². The summed E-state index contributed by atoms with van der Waals surface area (Å²) in [6.45, 7) is 1.96. The quantitative estimate of drug-likeness (QED) is 0.912. The maximum atomic E-state index is 12.9. The summed E-state index contributed by atoms with van der Waals surface area (Å²) in [6, 6.07) is 20.2. The van der Waals surface area contributed by atoms with Crippen LogP contribution >= 0.6 is 0 Å². The first-order valence-electron chi connectivity index (χ1n) is 8.91. The monoisotopic (exact) mass is 338 g/mol. The average molecular weight is 338 g/mol. The van der Waals surface area contributed by atoms with E-state index in [1.165, 1.54) is 0 Å². The van der Waals surface area contributed by atoms with Gasteiger partial charge < -0.3 is 10.0 Å². The number of carbonyl (C=O) groups excluding carboxylic acids is 1. The van der Waals surface area contributed by atoms with E-state index in [4.69, 9.17) is 0 Å². The standard InChI is InChI=1S/C21H26N2O2/c1-22(20(25)16-23-14-12-19(24)13-15-23)21(17-8-4-2-5-9-17)18-10-6-3-7-11-18/h2-11,19,21,24H,12-16H2,1H3. The first-order chi connectivity index (χ1) is 12.1. The lowest BCUT2D eigenvalue weighted by Crippen LogP contribution is -2.44. The van der Waals surface area contributed by atoms with Gasteiger partial charge in [-0.2, -0.15) is 0 Å². The zero-order valence-corrected chi connectivity index (χ0v) is 14.7. The number of nitrogens with zero attached hydrogens (tertiary/aromatic N) is 2. The molecule has 0 radical (unpaired) electrons. The van der Waals surface area contributed by atoms with Gasteiger partial charge >= 0.3 is 0 Å². The SMILES string of the molecule is CN(C(=O)CN1CCC(O)CC1)C(c1ccccc1)c1ccccc1. The highest BCUT2D eigenvalue weighted by molar-refractivity contribution is 5.79. The van der Waals surface area contributed by atoms with Crippen molar-refractivity contribution in [2.75, 3.05) is 26.7 Å². The van der Waals surface area contributed by atoms with Crippen molar-refractivity contribution < 1.29 is 9.90 Å². The lowest BCUT2D eigenvalue weighted by molar-refractivity contribution is -0.133. The van der Waals surface area contributed by atoms with Crippen LogP contribution in [0.15, 0.2) is 60.7 Å². The van der Waals surface area contributed by atoms with Gasteiger partial charge in [0.2, 0.25) is 5.91 Å². The van der Waals surface area contributed by atoms with Crippen LogP contribution in [0.3, 0.4) is 0 Å². The van der Waals surface area contributed by atoms with Crippen LogP contribution in [0.5, 0.6) is 0 Å². The average Bonchev–Trinajstić information content (AvgIpc) is 2.65. The highest BCUT2D eigenvalue weighted by atomic mass is 16.3. The molecule has 3 rings (SSSR count). The Bertz CT molecular complexity index is 627. The summed E-state index contributed by atoms with van der Waals surface area (Å²) in [7, 11) is 1.88. The third kappa shape index (κ3) is 4.47. The van der Waals surface area contributed by atoms with Gasteiger partial charge in [-0.25, -0.2) is 0 Å². The van der Waals surface area contributed by atoms with Crippen LogP contribution in [0.2, 0.25) is 0 Å². The largest absolute Gasteiger partial charge is 0.393 e. The summed E-state index contributed by atoms with van der Waals surface area (Å²) in [5.41, 5.74) is 2.22. The fourth-order valence-corrected chi connectivity index (χ4v) is 3.43. The number of carbonyl (C=O) groups is 1. The Balaban J connectivity index is 1.77. The lowest BCUT2D eigenvalue weighted by Gasteiger charge is -2.33. The molecule has 1 heterocycles. The van der Waals surface area contributed by atoms with Crippen LogP contribution in [-0.2, 0) is 4.79 Å². The van der Waals surface area contributed by atoms with Gasteiger partial charge in [0.05, 0.1) is 18.7 Å². The molecule has 4 nitrogen and oxygen atoms in total. The first-order valence-corrected chi connectivity index (χ1v) is 8.91. The van der Waals surface area contributed by atoms with E-state index < -0.39 is 0 Å². The minimum atomic E-state index is -0.217. The molecule has 1 N–H and O–H groups in total. The van der Waals surface area contributed by atoms with E-state index >= 15 is 0 Å². The molecule has 2 aromatic rings. The number of amides is 1. The summed E-state index contributed by atoms with van der Waals surface area (Å²) in [5, 5.41) is 9.63. The second kappa shape index (κ2) is 8.28. The van der Waals surface area contributed by atoms with Crippen molar-refractivity contribution in [3.8, 4) is 0 Å². The van der Waals surface area contributed by atoms with Crippen LogP contribution in [0.4, 0.5) is 0 Å². The van der Waals surface area contributed by atoms with Gasteiger partial charge in [-0.05, 0) is 24.0 Å². The Labute approximate surface area is 149 Å². The van der Waals surface area contributed by atoms with Crippen molar-refractivity contribution in [2.24, 2.45) is 0 Å². The molecule has 1 aliphatic heterocycles. The van der Waals surface area contributed by atoms with Gasteiger partial charge in [-0.3, -0.25) is 9.69 Å². The zero-order chi connectivity index (χ0) is 17.6. The molecule has 4 heteroatoms. The molecule has 25 heavy (non-hydrogen) atoms. The topological polar surface area (TPSA) is 43.8 Å². The van der Waals surface area contributed by atoms with Crippen LogP contribution in [-0.4, -0.2) is 53.6 Å². The molecule has 1 saturated heterocycles. The summed E-state index contributed by atoms with van der Waals surface area (Å²) in [5.74, 6) is 0.106. The van der Waals surface area contributed by atoms with Crippen LogP contribution in [0.25, 0.3) is 0 Å². The number of likely N-dealkylation sites (tertiary alicyclic amines) is 1. The predicted molar refractivity (Wildman–Crippen MR) is 99.2 cm³/mol. The van der Waals surface area contributed by atoms with Gasteiger partial charge in [0, 0.05) is 20.1 Å². The Morgan fingerprint density at radius 1 is 1.04 bits per heavy atom. The minimum Gasteiger partial charge on any atom is -0.393 e. The molecule has 1 aliphatic rings. The Morgan fingerprint density at radius 3 is 2.00 bits per heavy atom. The van der Waals surface area contributed by atoms with E-state index in [0.717, 1.165) is 37.1 Å². The van der Waals surface area contributed by atoms with E-state index in [0.29, 0.717) is 6.54 Å². The number of hydrogen-bond donors (Lipinski definition) is 1. The molecule has 0 saturated carbocycles. The zero-order valence-electron chi connectivity index (χ0n) is 14.7. The number of hydrogen-bond acceptors (Lipinski definition) is 3. The fraction of sp³-hybridized carbons (Fsp3) is 0.381. The van der Waals surface area contributed by atoms with E-state index in [1.54, 1.807) is 0 Å². The molecule has 0 spiro atoms. The van der Waals surface area contributed by atoms with Gasteiger partial charge in [-0.15, -0.1) is 0 Å². The molecular formula is C21H26N2O2. The Kier molecular flexibility index (Phi) is 5.84. The van der Waals surface area contributed by atoms with Gasteiger partial charge in [-0.1, -0.05) is 60.7 Å². The third-order valence-electron chi connectivity index (χ3n) is 4.93. The highest BCUT2D eigenvalue weighted by Crippen LogP contribution is 2.27. The molecule has 1 fully saturated rings. The summed E-state index contributed by atoms with van der Waals surface area (Å²) in [4.78, 5) is 16.9.